The SMILES string of the molecule is CCNCc1cnn(-c2cccc(F)c2)c1C. The van der Waals surface area contributed by atoms with E-state index in [0.717, 1.165) is 30.0 Å². The van der Waals surface area contributed by atoms with Crippen molar-refractivity contribution in [2.75, 3.05) is 6.54 Å². The first-order valence-electron chi connectivity index (χ1n) is 5.72. The Morgan fingerprint density at radius 1 is 1.41 bits per heavy atom. The number of hydrogen-bond donors (Lipinski definition) is 1. The number of aromatic nitrogens is 2. The van der Waals surface area contributed by atoms with Crippen molar-refractivity contribution in [1.29, 1.82) is 0 Å². The zero-order chi connectivity index (χ0) is 12.3. The van der Waals surface area contributed by atoms with Crippen LogP contribution in [0.2, 0.25) is 0 Å². The van der Waals surface area contributed by atoms with Gasteiger partial charge in [-0.3, -0.25) is 0 Å². The molecule has 1 aromatic heterocycles. The maximum absolute atomic E-state index is 13.1. The van der Waals surface area contributed by atoms with E-state index in [2.05, 4.69) is 17.3 Å². The molecule has 0 aliphatic carbocycles. The molecule has 0 aliphatic heterocycles. The van der Waals surface area contributed by atoms with Crippen LogP contribution < -0.4 is 5.32 Å². The number of halogens is 1. The highest BCUT2D eigenvalue weighted by atomic mass is 19.1. The van der Waals surface area contributed by atoms with E-state index < -0.39 is 0 Å². The summed E-state index contributed by atoms with van der Waals surface area (Å²) >= 11 is 0. The molecule has 0 spiro atoms. The lowest BCUT2D eigenvalue weighted by Gasteiger charge is -2.05. The van der Waals surface area contributed by atoms with Crippen LogP contribution in [-0.4, -0.2) is 16.3 Å². The largest absolute Gasteiger partial charge is 0.313 e. The van der Waals surface area contributed by atoms with E-state index in [1.54, 1.807) is 10.7 Å². The van der Waals surface area contributed by atoms with Gasteiger partial charge in [-0.1, -0.05) is 13.0 Å². The summed E-state index contributed by atoms with van der Waals surface area (Å²) in [7, 11) is 0. The Labute approximate surface area is 100 Å². The van der Waals surface area contributed by atoms with Gasteiger partial charge < -0.3 is 5.32 Å². The molecule has 0 bridgehead atoms. The maximum atomic E-state index is 13.1. The first-order chi connectivity index (χ1) is 8.22. The van der Waals surface area contributed by atoms with Crippen molar-refractivity contribution in [3.8, 4) is 5.69 Å². The normalized spacial score (nSPS) is 10.8. The third-order valence-electron chi connectivity index (χ3n) is 2.73. The molecule has 2 aromatic rings. The second-order valence-corrected chi connectivity index (χ2v) is 3.93. The van der Waals surface area contributed by atoms with Crippen molar-refractivity contribution in [3.63, 3.8) is 0 Å². The predicted molar refractivity (Wildman–Crippen MR) is 65.6 cm³/mol. The maximum Gasteiger partial charge on any atom is 0.125 e. The first kappa shape index (κ1) is 11.8. The number of hydrogen-bond acceptors (Lipinski definition) is 2. The van der Waals surface area contributed by atoms with E-state index in [1.165, 1.54) is 12.1 Å². The van der Waals surface area contributed by atoms with Crippen molar-refractivity contribution in [2.24, 2.45) is 0 Å². The minimum Gasteiger partial charge on any atom is -0.313 e. The molecule has 0 radical (unpaired) electrons. The lowest BCUT2D eigenvalue weighted by molar-refractivity contribution is 0.625. The summed E-state index contributed by atoms with van der Waals surface area (Å²) in [4.78, 5) is 0. The van der Waals surface area contributed by atoms with Crippen molar-refractivity contribution in [1.82, 2.24) is 15.1 Å². The standard InChI is InChI=1S/C13H16FN3/c1-3-15-8-11-9-16-17(10(11)2)13-6-4-5-12(14)7-13/h4-7,9,15H,3,8H2,1-2H3. The molecule has 0 fully saturated rings. The molecule has 0 atom stereocenters. The van der Waals surface area contributed by atoms with Gasteiger partial charge in [0.2, 0.25) is 0 Å². The van der Waals surface area contributed by atoms with E-state index >= 15 is 0 Å². The number of nitrogens with one attached hydrogen (secondary N) is 1. The van der Waals surface area contributed by atoms with Gasteiger partial charge in [-0.2, -0.15) is 5.10 Å². The molecule has 3 nitrogen and oxygen atoms in total. The molecule has 90 valence electrons. The summed E-state index contributed by atoms with van der Waals surface area (Å²) in [6.07, 6.45) is 1.82. The number of benzene rings is 1. The van der Waals surface area contributed by atoms with Gasteiger partial charge in [0.1, 0.15) is 5.82 Å². The fraction of sp³-hybridized carbons (Fsp3) is 0.308. The van der Waals surface area contributed by atoms with Gasteiger partial charge in [0, 0.05) is 17.8 Å². The lowest BCUT2D eigenvalue weighted by atomic mass is 10.2. The highest BCUT2D eigenvalue weighted by Gasteiger charge is 2.07. The molecule has 17 heavy (non-hydrogen) atoms. The van der Waals surface area contributed by atoms with Crippen LogP contribution in [0.1, 0.15) is 18.2 Å². The van der Waals surface area contributed by atoms with E-state index in [9.17, 15) is 4.39 Å². The van der Waals surface area contributed by atoms with E-state index in [4.69, 9.17) is 0 Å². The van der Waals surface area contributed by atoms with Crippen molar-refractivity contribution in [3.05, 3.63) is 47.5 Å². The molecule has 0 aliphatic rings. The van der Waals surface area contributed by atoms with Crippen LogP contribution in [-0.2, 0) is 6.54 Å². The van der Waals surface area contributed by atoms with Gasteiger partial charge >= 0.3 is 0 Å². The third-order valence-corrected chi connectivity index (χ3v) is 2.73. The summed E-state index contributed by atoms with van der Waals surface area (Å²) in [6, 6.07) is 6.45. The average molecular weight is 233 g/mol. The molecule has 2 rings (SSSR count). The molecular weight excluding hydrogens is 217 g/mol. The van der Waals surface area contributed by atoms with E-state index in [-0.39, 0.29) is 5.82 Å². The summed E-state index contributed by atoms with van der Waals surface area (Å²) in [6.45, 7) is 5.76. The van der Waals surface area contributed by atoms with Gasteiger partial charge in [-0.05, 0) is 31.7 Å². The van der Waals surface area contributed by atoms with Gasteiger partial charge in [0.25, 0.3) is 0 Å². The molecule has 1 N–H and O–H groups in total. The minimum atomic E-state index is -0.245. The number of nitrogens with zero attached hydrogens (tertiary/aromatic N) is 2. The molecule has 1 heterocycles. The smallest absolute Gasteiger partial charge is 0.125 e. The molecular formula is C13H16FN3. The quantitative estimate of drug-likeness (QED) is 0.879. The molecule has 1 aromatic carbocycles. The molecule has 0 saturated carbocycles. The Balaban J connectivity index is 2.30. The summed E-state index contributed by atoms with van der Waals surface area (Å²) in [5, 5.41) is 7.54. The number of rotatable bonds is 4. The Morgan fingerprint density at radius 3 is 2.94 bits per heavy atom. The zero-order valence-electron chi connectivity index (χ0n) is 10.1. The van der Waals surface area contributed by atoms with E-state index in [1.807, 2.05) is 19.2 Å². The molecule has 0 amide bonds. The monoisotopic (exact) mass is 233 g/mol. The van der Waals surface area contributed by atoms with Crippen LogP contribution in [0.3, 0.4) is 0 Å². The zero-order valence-corrected chi connectivity index (χ0v) is 10.1. The van der Waals surface area contributed by atoms with Crippen LogP contribution in [0.5, 0.6) is 0 Å². The van der Waals surface area contributed by atoms with Crippen LogP contribution in [0.4, 0.5) is 4.39 Å². The summed E-state index contributed by atoms with van der Waals surface area (Å²) in [5.74, 6) is -0.245. The van der Waals surface area contributed by atoms with Gasteiger partial charge in [-0.15, -0.1) is 0 Å². The predicted octanol–water partition coefficient (Wildman–Crippen LogP) is 2.43. The highest BCUT2D eigenvalue weighted by Crippen LogP contribution is 2.14. The minimum absolute atomic E-state index is 0.245. The molecule has 4 heteroatoms. The fourth-order valence-electron chi connectivity index (χ4n) is 1.74. The van der Waals surface area contributed by atoms with Crippen LogP contribution in [0, 0.1) is 12.7 Å². The highest BCUT2D eigenvalue weighted by molar-refractivity contribution is 5.35. The molecule has 0 unspecified atom stereocenters. The molecule has 0 saturated heterocycles. The van der Waals surface area contributed by atoms with Gasteiger partial charge in [0.05, 0.1) is 11.9 Å². The summed E-state index contributed by atoms with van der Waals surface area (Å²) in [5.41, 5.74) is 2.93. The lowest BCUT2D eigenvalue weighted by Crippen LogP contribution is -2.12. The van der Waals surface area contributed by atoms with Crippen molar-refractivity contribution >= 4 is 0 Å². The Bertz CT molecular complexity index is 505. The Kier molecular flexibility index (Phi) is 3.54. The Morgan fingerprint density at radius 2 is 2.24 bits per heavy atom. The van der Waals surface area contributed by atoms with Gasteiger partial charge in [0.15, 0.2) is 0 Å². The van der Waals surface area contributed by atoms with Crippen LogP contribution in [0.15, 0.2) is 30.5 Å². The van der Waals surface area contributed by atoms with Crippen molar-refractivity contribution < 1.29 is 4.39 Å². The average Bonchev–Trinajstić information content (AvgIpc) is 2.68. The Hall–Kier alpha value is -1.68. The topological polar surface area (TPSA) is 29.9 Å². The second-order valence-electron chi connectivity index (χ2n) is 3.93. The van der Waals surface area contributed by atoms with Gasteiger partial charge in [-0.25, -0.2) is 9.07 Å². The first-order valence-corrected chi connectivity index (χ1v) is 5.72. The van der Waals surface area contributed by atoms with Crippen LogP contribution in [0.25, 0.3) is 5.69 Å². The summed E-state index contributed by atoms with van der Waals surface area (Å²) < 4.78 is 14.9. The fourth-order valence-corrected chi connectivity index (χ4v) is 1.74. The van der Waals surface area contributed by atoms with E-state index in [0.29, 0.717) is 0 Å². The second kappa shape index (κ2) is 5.10. The third kappa shape index (κ3) is 2.53. The van der Waals surface area contributed by atoms with Crippen LogP contribution >= 0.6 is 0 Å². The van der Waals surface area contributed by atoms with Crippen molar-refractivity contribution in [2.45, 2.75) is 20.4 Å².